The lowest BCUT2D eigenvalue weighted by atomic mass is 10.0. The van der Waals surface area contributed by atoms with Crippen LogP contribution in [0.4, 0.5) is 5.00 Å². The van der Waals surface area contributed by atoms with E-state index in [1.165, 1.54) is 6.26 Å². The van der Waals surface area contributed by atoms with E-state index in [-0.39, 0.29) is 24.7 Å². The van der Waals surface area contributed by atoms with E-state index in [9.17, 15) is 14.4 Å². The lowest BCUT2D eigenvalue weighted by molar-refractivity contribution is -0.143. The van der Waals surface area contributed by atoms with Crippen LogP contribution in [0, 0.1) is 6.92 Å². The largest absolute Gasteiger partial charge is 0.497 e. The molecule has 0 bridgehead atoms. The highest BCUT2D eigenvalue weighted by molar-refractivity contribution is 7.18. The Bertz CT molecular complexity index is 1090. The lowest BCUT2D eigenvalue weighted by Gasteiger charge is -2.19. The third-order valence-corrected chi connectivity index (χ3v) is 5.73. The summed E-state index contributed by atoms with van der Waals surface area (Å²) in [4.78, 5) is 37.8. The molecule has 3 rings (SSSR count). The molecule has 2 aromatic heterocycles. The molecule has 3 aromatic rings. The quantitative estimate of drug-likeness (QED) is 0.464. The third kappa shape index (κ3) is 5.76. The maximum Gasteiger partial charge on any atom is 0.308 e. The highest BCUT2D eigenvalue weighted by atomic mass is 32.1. The molecule has 0 aliphatic carbocycles. The van der Waals surface area contributed by atoms with E-state index in [0.29, 0.717) is 26.8 Å². The first-order valence-corrected chi connectivity index (χ1v) is 10.8. The van der Waals surface area contributed by atoms with E-state index in [1.807, 2.05) is 6.07 Å². The van der Waals surface area contributed by atoms with Crippen molar-refractivity contribution >= 4 is 34.1 Å². The monoisotopic (exact) mass is 456 g/mol. The van der Waals surface area contributed by atoms with E-state index in [2.05, 4.69) is 10.6 Å². The zero-order chi connectivity index (χ0) is 23.1. The highest BCUT2D eigenvalue weighted by Gasteiger charge is 2.23. The molecule has 1 atom stereocenters. The van der Waals surface area contributed by atoms with Gasteiger partial charge in [0, 0.05) is 0 Å². The highest BCUT2D eigenvalue weighted by Crippen LogP contribution is 2.29. The minimum absolute atomic E-state index is 0.0285. The summed E-state index contributed by atoms with van der Waals surface area (Å²) in [5.74, 6) is -0.395. The van der Waals surface area contributed by atoms with Gasteiger partial charge >= 0.3 is 5.97 Å². The van der Waals surface area contributed by atoms with Gasteiger partial charge in [0.15, 0.2) is 5.76 Å². The summed E-state index contributed by atoms with van der Waals surface area (Å²) >= 11 is 1.14. The molecular formula is C23H24N2O6S. The number of benzene rings is 1. The molecular weight excluding hydrogens is 432 g/mol. The molecule has 0 radical (unpaired) electrons. The first-order chi connectivity index (χ1) is 15.4. The van der Waals surface area contributed by atoms with Gasteiger partial charge < -0.3 is 24.5 Å². The number of rotatable bonds is 9. The summed E-state index contributed by atoms with van der Waals surface area (Å²) < 4.78 is 15.4. The first-order valence-electron chi connectivity index (χ1n) is 9.97. The summed E-state index contributed by atoms with van der Waals surface area (Å²) in [6, 6.07) is 11.4. The van der Waals surface area contributed by atoms with Gasteiger partial charge in [-0.15, -0.1) is 11.3 Å². The Balaban J connectivity index is 1.78. The molecule has 0 aliphatic rings. The van der Waals surface area contributed by atoms with E-state index in [4.69, 9.17) is 13.9 Å². The van der Waals surface area contributed by atoms with Crippen molar-refractivity contribution in [2.75, 3.05) is 19.0 Å². The second kappa shape index (κ2) is 10.6. The van der Waals surface area contributed by atoms with Gasteiger partial charge in [-0.3, -0.25) is 14.4 Å². The number of hydrogen-bond acceptors (Lipinski definition) is 7. The number of carbonyl (C=O) groups is 3. The minimum atomic E-state index is -0.612. The molecule has 0 fully saturated rings. The van der Waals surface area contributed by atoms with Gasteiger partial charge in [-0.05, 0) is 55.3 Å². The van der Waals surface area contributed by atoms with Gasteiger partial charge in [0.05, 0.1) is 42.3 Å². The number of anilines is 1. The number of hydrogen-bond donors (Lipinski definition) is 2. The van der Waals surface area contributed by atoms with Gasteiger partial charge in [0.1, 0.15) is 5.75 Å². The molecule has 8 nitrogen and oxygen atoms in total. The van der Waals surface area contributed by atoms with E-state index in [1.54, 1.807) is 57.4 Å². The van der Waals surface area contributed by atoms with Crippen LogP contribution >= 0.6 is 11.3 Å². The van der Waals surface area contributed by atoms with E-state index < -0.39 is 17.9 Å². The number of methoxy groups -OCH3 is 1. The Kier molecular flexibility index (Phi) is 7.67. The number of amides is 2. The fourth-order valence-corrected chi connectivity index (χ4v) is 4.04. The molecule has 1 unspecified atom stereocenters. The van der Waals surface area contributed by atoms with Gasteiger partial charge in [-0.25, -0.2) is 0 Å². The fraction of sp³-hybridized carbons (Fsp3) is 0.261. The van der Waals surface area contributed by atoms with Gasteiger partial charge in [-0.1, -0.05) is 12.1 Å². The van der Waals surface area contributed by atoms with Crippen LogP contribution in [-0.4, -0.2) is 31.5 Å². The minimum Gasteiger partial charge on any atom is -0.497 e. The molecule has 32 heavy (non-hydrogen) atoms. The number of thiophene rings is 1. The van der Waals surface area contributed by atoms with E-state index >= 15 is 0 Å². The van der Waals surface area contributed by atoms with Crippen molar-refractivity contribution in [3.63, 3.8) is 0 Å². The van der Waals surface area contributed by atoms with E-state index in [0.717, 1.165) is 11.3 Å². The first kappa shape index (κ1) is 23.1. The van der Waals surface area contributed by atoms with Crippen LogP contribution in [0.5, 0.6) is 5.75 Å². The van der Waals surface area contributed by atoms with Crippen molar-refractivity contribution in [1.29, 1.82) is 0 Å². The topological polar surface area (TPSA) is 107 Å². The van der Waals surface area contributed by atoms with Crippen LogP contribution in [0.1, 0.15) is 50.7 Å². The lowest BCUT2D eigenvalue weighted by Crippen LogP contribution is -2.30. The van der Waals surface area contributed by atoms with Crippen molar-refractivity contribution in [1.82, 2.24) is 5.32 Å². The second-order valence-electron chi connectivity index (χ2n) is 6.87. The maximum atomic E-state index is 13.1. The zero-order valence-corrected chi connectivity index (χ0v) is 18.8. The van der Waals surface area contributed by atoms with Gasteiger partial charge in [-0.2, -0.15) is 0 Å². The molecule has 0 aliphatic heterocycles. The molecule has 0 saturated carbocycles. The fourth-order valence-electron chi connectivity index (χ4n) is 3.07. The molecule has 2 heterocycles. The molecule has 2 amide bonds. The average Bonchev–Trinajstić information content (AvgIpc) is 3.43. The van der Waals surface area contributed by atoms with Crippen molar-refractivity contribution in [3.05, 3.63) is 70.5 Å². The number of carbonyl (C=O) groups excluding carboxylic acids is 3. The standard InChI is InChI=1S/C23H24N2O6S/c1-4-30-20(26)13-17(15-7-5-8-16(12-15)29-3)24-23(28)21-14(2)11-19(32-21)25-22(27)18-9-6-10-31-18/h5-12,17H,4,13H2,1-3H3,(H,24,28)(H,25,27). The third-order valence-electron chi connectivity index (χ3n) is 4.58. The summed E-state index contributed by atoms with van der Waals surface area (Å²) in [7, 11) is 1.55. The Morgan fingerprint density at radius 2 is 1.94 bits per heavy atom. The average molecular weight is 457 g/mol. The van der Waals surface area contributed by atoms with Crippen LogP contribution in [-0.2, 0) is 9.53 Å². The molecule has 1 aromatic carbocycles. The Labute approximate surface area is 189 Å². The zero-order valence-electron chi connectivity index (χ0n) is 18.0. The second-order valence-corrected chi connectivity index (χ2v) is 7.92. The molecule has 0 saturated heterocycles. The van der Waals surface area contributed by atoms with Crippen molar-refractivity contribution < 1.29 is 28.3 Å². The molecule has 9 heteroatoms. The molecule has 2 N–H and O–H groups in total. The van der Waals surface area contributed by atoms with Crippen LogP contribution < -0.4 is 15.4 Å². The summed E-state index contributed by atoms with van der Waals surface area (Å²) in [5.41, 5.74) is 1.41. The number of aryl methyl sites for hydroxylation is 1. The Morgan fingerprint density at radius 3 is 2.62 bits per heavy atom. The van der Waals surface area contributed by atoms with Crippen LogP contribution in [0.15, 0.2) is 53.1 Å². The maximum absolute atomic E-state index is 13.1. The summed E-state index contributed by atoms with van der Waals surface area (Å²) in [5, 5.41) is 6.15. The number of nitrogens with one attached hydrogen (secondary N) is 2. The van der Waals surface area contributed by atoms with Crippen LogP contribution in [0.25, 0.3) is 0 Å². The van der Waals surface area contributed by atoms with Crippen molar-refractivity contribution in [3.8, 4) is 5.75 Å². The van der Waals surface area contributed by atoms with Crippen molar-refractivity contribution in [2.45, 2.75) is 26.3 Å². The normalized spacial score (nSPS) is 11.5. The van der Waals surface area contributed by atoms with Crippen molar-refractivity contribution in [2.24, 2.45) is 0 Å². The molecule has 0 spiro atoms. The SMILES string of the molecule is CCOC(=O)CC(NC(=O)c1sc(NC(=O)c2ccco2)cc1C)c1cccc(OC)c1. The Hall–Kier alpha value is -3.59. The van der Waals surface area contributed by atoms with Gasteiger partial charge in [0.25, 0.3) is 11.8 Å². The van der Waals surface area contributed by atoms with Crippen LogP contribution in [0.2, 0.25) is 0 Å². The summed E-state index contributed by atoms with van der Waals surface area (Å²) in [6.07, 6.45) is 1.38. The summed E-state index contributed by atoms with van der Waals surface area (Å²) in [6.45, 7) is 3.75. The predicted molar refractivity (Wildman–Crippen MR) is 120 cm³/mol. The molecule has 168 valence electrons. The number of esters is 1. The van der Waals surface area contributed by atoms with Gasteiger partial charge in [0.2, 0.25) is 0 Å². The number of ether oxygens (including phenoxy) is 2. The van der Waals surface area contributed by atoms with Crippen LogP contribution in [0.3, 0.4) is 0 Å². The Morgan fingerprint density at radius 1 is 1.12 bits per heavy atom. The smallest absolute Gasteiger partial charge is 0.308 e. The number of furan rings is 1. The predicted octanol–water partition coefficient (Wildman–Crippen LogP) is 4.33.